The van der Waals surface area contributed by atoms with Crippen molar-refractivity contribution in [2.45, 2.75) is 6.42 Å². The number of aromatic nitrogens is 3. The minimum atomic E-state index is 0.664. The fourth-order valence-electron chi connectivity index (χ4n) is 6.72. The molecule has 210 valence electrons. The largest absolute Gasteiger partial charge is 0.208 e. The first kappa shape index (κ1) is 25.6. The van der Waals surface area contributed by atoms with Gasteiger partial charge in [0.25, 0.3) is 0 Å². The third-order valence-corrected chi connectivity index (χ3v) is 8.93. The fourth-order valence-corrected chi connectivity index (χ4v) is 6.72. The molecular weight excluding hydrogens is 546 g/mol. The highest BCUT2D eigenvalue weighted by Crippen LogP contribution is 2.46. The maximum absolute atomic E-state index is 5.15. The molecule has 8 aromatic rings. The molecule has 3 heteroatoms. The summed E-state index contributed by atoms with van der Waals surface area (Å²) < 4.78 is 0. The van der Waals surface area contributed by atoms with Gasteiger partial charge in [0.2, 0.25) is 0 Å². The lowest BCUT2D eigenvalue weighted by molar-refractivity contribution is 1.07. The molecule has 0 bridgehead atoms. The van der Waals surface area contributed by atoms with Gasteiger partial charge in [-0.15, -0.1) is 0 Å². The lowest BCUT2D eigenvalue weighted by Gasteiger charge is -2.13. The number of benzene rings is 7. The number of hydrogen-bond acceptors (Lipinski definition) is 3. The van der Waals surface area contributed by atoms with Crippen molar-refractivity contribution in [3.63, 3.8) is 0 Å². The van der Waals surface area contributed by atoms with E-state index in [2.05, 4.69) is 133 Å². The topological polar surface area (TPSA) is 38.7 Å². The highest BCUT2D eigenvalue weighted by Gasteiger charge is 2.26. The second-order valence-corrected chi connectivity index (χ2v) is 11.6. The normalized spacial score (nSPS) is 11.9. The van der Waals surface area contributed by atoms with E-state index in [0.29, 0.717) is 17.5 Å². The highest BCUT2D eigenvalue weighted by atomic mass is 15.0. The first-order valence-electron chi connectivity index (χ1n) is 15.3. The molecule has 0 saturated heterocycles. The van der Waals surface area contributed by atoms with E-state index >= 15 is 0 Å². The summed E-state index contributed by atoms with van der Waals surface area (Å²) in [4.78, 5) is 15.3. The summed E-state index contributed by atoms with van der Waals surface area (Å²) in [5.41, 5.74) is 10.5. The third-order valence-electron chi connectivity index (χ3n) is 8.93. The van der Waals surface area contributed by atoms with Crippen LogP contribution in [-0.2, 0) is 6.42 Å². The van der Waals surface area contributed by atoms with Gasteiger partial charge in [-0.05, 0) is 67.4 Å². The molecule has 0 unspecified atom stereocenters. The molecule has 0 amide bonds. The Bertz CT molecular complexity index is 2390. The van der Waals surface area contributed by atoms with Gasteiger partial charge < -0.3 is 0 Å². The molecule has 0 fully saturated rings. The summed E-state index contributed by atoms with van der Waals surface area (Å²) in [6, 6.07) is 53.5. The Morgan fingerprint density at radius 2 is 0.956 bits per heavy atom. The first-order valence-corrected chi connectivity index (χ1v) is 15.3. The van der Waals surface area contributed by atoms with Gasteiger partial charge >= 0.3 is 0 Å². The zero-order valence-electron chi connectivity index (χ0n) is 24.5. The van der Waals surface area contributed by atoms with E-state index in [1.165, 1.54) is 49.4 Å². The van der Waals surface area contributed by atoms with Crippen LogP contribution in [0, 0.1) is 0 Å². The summed E-state index contributed by atoms with van der Waals surface area (Å²) in [5.74, 6) is 2.02. The Morgan fingerprint density at radius 1 is 0.356 bits per heavy atom. The monoisotopic (exact) mass is 573 g/mol. The average molecular weight is 574 g/mol. The van der Waals surface area contributed by atoms with Crippen molar-refractivity contribution in [3.8, 4) is 56.4 Å². The average Bonchev–Trinajstić information content (AvgIpc) is 3.51. The molecular formula is C42H27N3. The van der Waals surface area contributed by atoms with Crippen molar-refractivity contribution >= 4 is 21.5 Å². The third kappa shape index (κ3) is 4.40. The molecule has 0 atom stereocenters. The van der Waals surface area contributed by atoms with Crippen molar-refractivity contribution in [1.29, 1.82) is 0 Å². The number of fused-ring (bicyclic) bond motifs is 6. The van der Waals surface area contributed by atoms with Crippen molar-refractivity contribution in [2.24, 2.45) is 0 Å². The van der Waals surface area contributed by atoms with Gasteiger partial charge in [0.05, 0.1) is 0 Å². The van der Waals surface area contributed by atoms with Gasteiger partial charge in [-0.2, -0.15) is 0 Å². The van der Waals surface area contributed by atoms with Crippen LogP contribution < -0.4 is 0 Å². The molecule has 45 heavy (non-hydrogen) atoms. The molecule has 3 nitrogen and oxygen atoms in total. The fraction of sp³-hybridized carbons (Fsp3) is 0.0238. The van der Waals surface area contributed by atoms with Crippen molar-refractivity contribution < 1.29 is 0 Å². The quantitative estimate of drug-likeness (QED) is 0.210. The Morgan fingerprint density at radius 3 is 1.78 bits per heavy atom. The van der Waals surface area contributed by atoms with Gasteiger partial charge in [-0.1, -0.05) is 146 Å². The lowest BCUT2D eigenvalue weighted by Crippen LogP contribution is -2.01. The van der Waals surface area contributed by atoms with E-state index in [9.17, 15) is 0 Å². The van der Waals surface area contributed by atoms with Crippen LogP contribution in [0.25, 0.3) is 78.0 Å². The molecule has 1 aliphatic carbocycles. The summed E-state index contributed by atoms with van der Waals surface area (Å²) in [6.07, 6.45) is 0.906. The Labute approximate surface area is 261 Å². The molecule has 0 aliphatic heterocycles. The van der Waals surface area contributed by atoms with Crippen LogP contribution in [0.5, 0.6) is 0 Å². The van der Waals surface area contributed by atoms with Gasteiger partial charge in [0.1, 0.15) is 0 Å². The van der Waals surface area contributed by atoms with Crippen molar-refractivity contribution in [1.82, 2.24) is 15.0 Å². The molecule has 9 rings (SSSR count). The first-order chi connectivity index (χ1) is 22.3. The minimum Gasteiger partial charge on any atom is -0.208 e. The van der Waals surface area contributed by atoms with E-state index in [1.807, 2.05) is 18.2 Å². The van der Waals surface area contributed by atoms with Crippen molar-refractivity contribution in [2.75, 3.05) is 0 Å². The van der Waals surface area contributed by atoms with Crippen molar-refractivity contribution in [3.05, 3.63) is 163 Å². The summed E-state index contributed by atoms with van der Waals surface area (Å²) >= 11 is 0. The smallest absolute Gasteiger partial charge is 0.164 e. The molecule has 7 aromatic carbocycles. The van der Waals surface area contributed by atoms with Gasteiger partial charge in [0, 0.05) is 16.7 Å². The van der Waals surface area contributed by atoms with E-state index in [1.54, 1.807) is 0 Å². The maximum Gasteiger partial charge on any atom is 0.164 e. The summed E-state index contributed by atoms with van der Waals surface area (Å²) in [6.45, 7) is 0. The zero-order chi connectivity index (χ0) is 29.7. The Hall–Kier alpha value is -5.93. The molecule has 1 aliphatic rings. The zero-order valence-corrected chi connectivity index (χ0v) is 24.5. The number of rotatable bonds is 4. The molecule has 1 aromatic heterocycles. The maximum atomic E-state index is 5.15. The highest BCUT2D eigenvalue weighted by molar-refractivity contribution is 6.04. The Balaban J connectivity index is 1.20. The van der Waals surface area contributed by atoms with E-state index in [-0.39, 0.29) is 0 Å². The second-order valence-electron chi connectivity index (χ2n) is 11.6. The molecule has 0 N–H and O–H groups in total. The van der Waals surface area contributed by atoms with Crippen LogP contribution in [0.1, 0.15) is 11.1 Å². The molecule has 0 saturated carbocycles. The lowest BCUT2D eigenvalue weighted by atomic mass is 9.94. The summed E-state index contributed by atoms with van der Waals surface area (Å²) in [7, 11) is 0. The van der Waals surface area contributed by atoms with E-state index in [0.717, 1.165) is 28.7 Å². The van der Waals surface area contributed by atoms with E-state index in [4.69, 9.17) is 15.0 Å². The Kier molecular flexibility index (Phi) is 5.88. The van der Waals surface area contributed by atoms with Crippen LogP contribution in [-0.4, -0.2) is 15.0 Å². The predicted octanol–water partition coefficient (Wildman–Crippen LogP) is 10.4. The van der Waals surface area contributed by atoms with Crippen LogP contribution in [0.15, 0.2) is 152 Å². The van der Waals surface area contributed by atoms with E-state index < -0.39 is 0 Å². The molecule has 1 heterocycles. The predicted molar refractivity (Wildman–Crippen MR) is 185 cm³/mol. The molecule has 0 radical (unpaired) electrons. The van der Waals surface area contributed by atoms with Gasteiger partial charge in [0.15, 0.2) is 17.5 Å². The van der Waals surface area contributed by atoms with Crippen LogP contribution in [0.3, 0.4) is 0 Å². The van der Waals surface area contributed by atoms with Crippen LogP contribution >= 0.6 is 0 Å². The summed E-state index contributed by atoms with van der Waals surface area (Å²) in [5, 5.41) is 4.99. The standard InChI is InChI=1S/C42H27N3/c1-2-11-30(12-3-1)40-43-41(31-21-17-28(18-22-31)33-23-19-27-9-4-5-13-32(27)25-33)45-42(44-40)37-16-8-14-34-26-35-24-20-29-10-6-7-15-36(29)38(35)39(34)37/h1-25H,26H2. The van der Waals surface area contributed by atoms with Crippen LogP contribution in [0.2, 0.25) is 0 Å². The number of nitrogens with zero attached hydrogens (tertiary/aromatic N) is 3. The van der Waals surface area contributed by atoms with Crippen LogP contribution in [0.4, 0.5) is 0 Å². The van der Waals surface area contributed by atoms with Gasteiger partial charge in [-0.25, -0.2) is 15.0 Å². The van der Waals surface area contributed by atoms with Gasteiger partial charge in [-0.3, -0.25) is 0 Å². The second kappa shape index (κ2) is 10.4. The molecule has 0 spiro atoms. The SMILES string of the molecule is c1ccc(-c2nc(-c3ccc(-c4ccc5ccccc5c4)cc3)nc(-c3cccc4c3-c3c(ccc5ccccc35)C4)n2)cc1. The minimum absolute atomic E-state index is 0.664. The number of hydrogen-bond donors (Lipinski definition) is 0.